The Morgan fingerprint density at radius 1 is 1.17 bits per heavy atom. The van der Waals surface area contributed by atoms with Crippen molar-refractivity contribution in [3.63, 3.8) is 0 Å². The number of rotatable bonds is 10. The fraction of sp³-hybridized carbons (Fsp3) is 0.586. The highest BCUT2D eigenvalue weighted by atomic mass is 32.1. The number of nitrogens with zero attached hydrogens (tertiary/aromatic N) is 1. The highest BCUT2D eigenvalue weighted by molar-refractivity contribution is 7.14. The number of Topliss-reactive ketones (excluding diaryl/α,β-unsaturated/α-hetero) is 1. The number of hydrogen-bond acceptors (Lipinski definition) is 6. The van der Waals surface area contributed by atoms with E-state index in [4.69, 9.17) is 9.84 Å². The lowest BCUT2D eigenvalue weighted by molar-refractivity contribution is -0.148. The van der Waals surface area contributed by atoms with Crippen molar-refractivity contribution in [2.24, 2.45) is 11.3 Å². The maximum atomic E-state index is 13.2. The van der Waals surface area contributed by atoms with E-state index in [1.54, 1.807) is 11.3 Å². The molecule has 2 aromatic rings. The molecule has 0 spiro atoms. The lowest BCUT2D eigenvalue weighted by Gasteiger charge is -2.37. The molecule has 36 heavy (non-hydrogen) atoms. The smallest absolute Gasteiger partial charge is 0.309 e. The summed E-state index contributed by atoms with van der Waals surface area (Å²) >= 11 is 1.68. The van der Waals surface area contributed by atoms with Gasteiger partial charge >= 0.3 is 5.97 Å². The van der Waals surface area contributed by atoms with Crippen LogP contribution in [0, 0.1) is 32.1 Å². The maximum absolute atomic E-state index is 13.2. The van der Waals surface area contributed by atoms with Crippen LogP contribution < -0.4 is 4.74 Å². The molecule has 196 valence electrons. The van der Waals surface area contributed by atoms with Crippen LogP contribution in [0.2, 0.25) is 0 Å². The number of likely N-dealkylation sites (tertiary alicyclic amines) is 1. The number of carbonyl (C=O) groups is 2. The van der Waals surface area contributed by atoms with Gasteiger partial charge < -0.3 is 14.9 Å². The molecule has 2 aliphatic rings. The number of β-amino-alcohol motifs (C(OH)–C–C–N with tert-alkyl or cyclic N) is 1. The first-order valence-electron chi connectivity index (χ1n) is 12.9. The van der Waals surface area contributed by atoms with Crippen LogP contribution >= 0.6 is 11.3 Å². The van der Waals surface area contributed by atoms with Crippen molar-refractivity contribution >= 4 is 23.1 Å². The van der Waals surface area contributed by atoms with Gasteiger partial charge in [0.2, 0.25) is 0 Å². The Morgan fingerprint density at radius 2 is 1.83 bits per heavy atom. The Morgan fingerprint density at radius 3 is 2.47 bits per heavy atom. The molecule has 0 radical (unpaired) electrons. The standard InChI is InChI=1S/C29H39NO5S/c1-17-10-20(6-7-25(32)27-23-8-9-29(4,5)12-24(23)19(3)36-27)11-18(2)26(17)35-16-22(31)15-30-13-21(14-30)28(33)34/h10-11,21-22,31H,6-9,12-16H2,1-5H3,(H,33,34). The highest BCUT2D eigenvalue weighted by Gasteiger charge is 2.33. The Hall–Kier alpha value is -2.22. The topological polar surface area (TPSA) is 87.1 Å². The van der Waals surface area contributed by atoms with Crippen molar-refractivity contribution in [1.29, 1.82) is 0 Å². The molecule has 1 aliphatic heterocycles. The summed E-state index contributed by atoms with van der Waals surface area (Å²) in [6.45, 7) is 12.3. The Kier molecular flexibility index (Phi) is 7.93. The van der Waals surface area contributed by atoms with Crippen molar-refractivity contribution in [1.82, 2.24) is 4.90 Å². The molecule has 1 saturated heterocycles. The van der Waals surface area contributed by atoms with E-state index in [0.29, 0.717) is 37.9 Å². The summed E-state index contributed by atoms with van der Waals surface area (Å²) < 4.78 is 5.95. The molecule has 4 rings (SSSR count). The van der Waals surface area contributed by atoms with Crippen LogP contribution in [0.5, 0.6) is 5.75 Å². The minimum absolute atomic E-state index is 0.160. The number of thiophene rings is 1. The van der Waals surface area contributed by atoms with Crippen LogP contribution in [-0.4, -0.2) is 59.2 Å². The molecule has 1 aromatic heterocycles. The molecule has 2 N–H and O–H groups in total. The number of benzene rings is 1. The summed E-state index contributed by atoms with van der Waals surface area (Å²) in [6, 6.07) is 4.15. The fourth-order valence-corrected chi connectivity index (χ4v) is 6.75. The third-order valence-corrected chi connectivity index (χ3v) is 8.87. The van der Waals surface area contributed by atoms with E-state index in [0.717, 1.165) is 46.6 Å². The molecule has 6 nitrogen and oxygen atoms in total. The van der Waals surface area contributed by atoms with Crippen molar-refractivity contribution < 1.29 is 24.5 Å². The number of ether oxygens (including phenoxy) is 1. The molecule has 0 amide bonds. The monoisotopic (exact) mass is 513 g/mol. The van der Waals surface area contributed by atoms with Gasteiger partial charge in [0.1, 0.15) is 18.5 Å². The van der Waals surface area contributed by atoms with Gasteiger partial charge in [-0.25, -0.2) is 0 Å². The van der Waals surface area contributed by atoms with Crippen LogP contribution in [0.1, 0.15) is 69.1 Å². The van der Waals surface area contributed by atoms with Crippen molar-refractivity contribution in [2.75, 3.05) is 26.2 Å². The first kappa shape index (κ1) is 26.8. The van der Waals surface area contributed by atoms with Gasteiger partial charge in [0, 0.05) is 30.9 Å². The van der Waals surface area contributed by atoms with Crippen LogP contribution in [0.3, 0.4) is 0 Å². The van der Waals surface area contributed by atoms with Crippen molar-refractivity contribution in [3.05, 3.63) is 49.7 Å². The molecule has 1 unspecified atom stereocenters. The van der Waals surface area contributed by atoms with Gasteiger partial charge in [-0.2, -0.15) is 0 Å². The molecule has 1 fully saturated rings. The highest BCUT2D eigenvalue weighted by Crippen LogP contribution is 2.41. The first-order valence-corrected chi connectivity index (χ1v) is 13.8. The molecular formula is C29H39NO5S. The number of hydrogen-bond donors (Lipinski definition) is 2. The predicted octanol–water partition coefficient (Wildman–Crippen LogP) is 4.76. The third kappa shape index (κ3) is 6.01. The van der Waals surface area contributed by atoms with E-state index >= 15 is 0 Å². The average Bonchev–Trinajstić information content (AvgIpc) is 3.08. The van der Waals surface area contributed by atoms with E-state index in [9.17, 15) is 14.7 Å². The van der Waals surface area contributed by atoms with Crippen LogP contribution in [0.15, 0.2) is 12.1 Å². The molecule has 0 saturated carbocycles. The summed E-state index contributed by atoms with van der Waals surface area (Å²) in [5.74, 6) is -0.0944. The van der Waals surface area contributed by atoms with Crippen LogP contribution in [0.4, 0.5) is 0 Å². The molecule has 7 heteroatoms. The number of ketones is 1. The number of carbonyl (C=O) groups excluding carboxylic acids is 1. The van der Waals surface area contributed by atoms with Crippen molar-refractivity contribution in [3.8, 4) is 5.75 Å². The lowest BCUT2D eigenvalue weighted by atomic mass is 9.74. The molecule has 2 heterocycles. The molecular weight excluding hydrogens is 474 g/mol. The third-order valence-electron chi connectivity index (χ3n) is 7.64. The van der Waals surface area contributed by atoms with Crippen LogP contribution in [-0.2, 0) is 24.1 Å². The van der Waals surface area contributed by atoms with Gasteiger partial charge in [0.15, 0.2) is 5.78 Å². The van der Waals surface area contributed by atoms with Gasteiger partial charge in [-0.15, -0.1) is 11.3 Å². The minimum atomic E-state index is -0.779. The quantitative estimate of drug-likeness (QED) is 0.446. The van der Waals surface area contributed by atoms with Gasteiger partial charge in [-0.05, 0) is 79.7 Å². The van der Waals surface area contributed by atoms with E-state index in [1.807, 2.05) is 18.7 Å². The normalized spacial score (nSPS) is 18.4. The van der Waals surface area contributed by atoms with Crippen molar-refractivity contribution in [2.45, 2.75) is 72.8 Å². The number of aliphatic hydroxyl groups is 1. The summed E-state index contributed by atoms with van der Waals surface area (Å²) in [5, 5.41) is 19.3. The number of carboxylic acids is 1. The molecule has 1 aromatic carbocycles. The maximum Gasteiger partial charge on any atom is 0.309 e. The summed E-state index contributed by atoms with van der Waals surface area (Å²) in [4.78, 5) is 28.3. The number of aliphatic carboxylic acids is 1. The largest absolute Gasteiger partial charge is 0.490 e. The SMILES string of the molecule is Cc1cc(CCC(=O)c2sc(C)c3c2CCC(C)(C)C3)cc(C)c1OCC(O)CN1CC(C(=O)O)C1. The second-order valence-electron chi connectivity index (χ2n) is 11.5. The Balaban J connectivity index is 1.31. The molecule has 1 aliphatic carbocycles. The van der Waals surface area contributed by atoms with Gasteiger partial charge in [0.05, 0.1) is 10.8 Å². The average molecular weight is 514 g/mol. The van der Waals surface area contributed by atoms with Crippen LogP contribution in [0.25, 0.3) is 0 Å². The summed E-state index contributed by atoms with van der Waals surface area (Å²) in [5.41, 5.74) is 6.12. The second-order valence-corrected chi connectivity index (χ2v) is 12.7. The zero-order valence-electron chi connectivity index (χ0n) is 22.1. The number of aliphatic hydroxyl groups excluding tert-OH is 1. The fourth-order valence-electron chi connectivity index (χ4n) is 5.57. The lowest BCUT2D eigenvalue weighted by Crippen LogP contribution is -2.53. The van der Waals surface area contributed by atoms with Gasteiger partial charge in [0.25, 0.3) is 0 Å². The zero-order chi connectivity index (χ0) is 26.2. The van der Waals surface area contributed by atoms with E-state index < -0.39 is 12.1 Å². The summed E-state index contributed by atoms with van der Waals surface area (Å²) in [7, 11) is 0. The second kappa shape index (κ2) is 10.6. The van der Waals surface area contributed by atoms with Gasteiger partial charge in [-0.3, -0.25) is 14.5 Å². The zero-order valence-corrected chi connectivity index (χ0v) is 23.0. The minimum Gasteiger partial charge on any atom is -0.490 e. The van der Waals surface area contributed by atoms with Gasteiger partial charge in [-0.1, -0.05) is 26.0 Å². The van der Waals surface area contributed by atoms with E-state index in [2.05, 4.69) is 32.9 Å². The molecule has 1 atom stereocenters. The summed E-state index contributed by atoms with van der Waals surface area (Å²) in [6.07, 6.45) is 3.71. The number of carboxylic acid groups (broad SMARTS) is 1. The van der Waals surface area contributed by atoms with E-state index in [1.165, 1.54) is 16.0 Å². The number of fused-ring (bicyclic) bond motifs is 1. The molecule has 0 bridgehead atoms. The number of aryl methyl sites for hydroxylation is 4. The Labute approximate surface area is 218 Å². The first-order chi connectivity index (χ1) is 16.9. The predicted molar refractivity (Wildman–Crippen MR) is 142 cm³/mol. The Bertz CT molecular complexity index is 1120. The van der Waals surface area contributed by atoms with E-state index in [-0.39, 0.29) is 18.3 Å².